The minimum absolute atomic E-state index is 0. The molecule has 4 heterocycles. The largest absolute Gasteiger partial charge is 0.507 e. The second-order valence-electron chi connectivity index (χ2n) is 34.9. The molecular formula is C115H102N6O2Pt2-2. The number of aromatic nitrogens is 6. The number of nitrogens with zero attached hydrogens (tertiary/aromatic N) is 6. The van der Waals surface area contributed by atoms with E-state index in [0.29, 0.717) is 118 Å². The molecule has 0 saturated heterocycles. The number of benzene rings is 14. The van der Waals surface area contributed by atoms with Crippen molar-refractivity contribution in [1.29, 1.82) is 0 Å². The summed E-state index contributed by atoms with van der Waals surface area (Å²) in [5.41, 5.74) is 15.0. The molecule has 0 amide bonds. The number of fused-ring (bicyclic) bond motifs is 2. The molecule has 0 aliphatic carbocycles. The molecule has 18 aromatic rings. The van der Waals surface area contributed by atoms with Crippen LogP contribution in [-0.4, -0.2) is 39.3 Å². The Labute approximate surface area is 794 Å². The van der Waals surface area contributed by atoms with Gasteiger partial charge in [-0.1, -0.05) is 335 Å². The summed E-state index contributed by atoms with van der Waals surface area (Å²) in [4.78, 5) is 19.8. The molecule has 0 aliphatic heterocycles. The molecule has 125 heavy (non-hydrogen) atoms. The van der Waals surface area contributed by atoms with Crippen molar-refractivity contribution < 1.29 is 81.1 Å². The van der Waals surface area contributed by atoms with Crippen LogP contribution in [0.4, 0.5) is 0 Å². The van der Waals surface area contributed by atoms with Crippen molar-refractivity contribution in [2.24, 2.45) is 0 Å². The number of imidazole rings is 2. The molecule has 10 heteroatoms. The summed E-state index contributed by atoms with van der Waals surface area (Å²) in [7, 11) is 0. The van der Waals surface area contributed by atoms with Crippen LogP contribution in [0.25, 0.3) is 168 Å². The zero-order valence-corrected chi connectivity index (χ0v) is 75.6. The van der Waals surface area contributed by atoms with Crippen LogP contribution in [0.5, 0.6) is 11.5 Å². The molecule has 0 radical (unpaired) electrons. The maximum atomic E-state index is 11.6. The van der Waals surface area contributed by atoms with E-state index in [-0.39, 0.29) is 110 Å². The molecule has 0 unspecified atom stereocenters. The van der Waals surface area contributed by atoms with E-state index in [2.05, 4.69) is 122 Å². The van der Waals surface area contributed by atoms with Gasteiger partial charge in [0.25, 0.3) is 0 Å². The van der Waals surface area contributed by atoms with Crippen LogP contribution in [0.1, 0.15) is 151 Å². The first-order valence-corrected chi connectivity index (χ1v) is 40.8. The van der Waals surface area contributed by atoms with Crippen molar-refractivity contribution in [3.8, 4) is 157 Å². The van der Waals surface area contributed by atoms with E-state index in [9.17, 15) is 11.6 Å². The van der Waals surface area contributed by atoms with Crippen molar-refractivity contribution in [3.63, 3.8) is 0 Å². The van der Waals surface area contributed by atoms with Crippen molar-refractivity contribution in [1.82, 2.24) is 29.1 Å². The molecular weight excluding hydrogens is 1890 g/mol. The zero-order valence-electron chi connectivity index (χ0n) is 92.0. The molecule has 4 aromatic heterocycles. The van der Waals surface area contributed by atoms with Crippen LogP contribution >= 0.6 is 0 Å². The standard InChI is InChI=1S/C58H52N3O.C57H50N3O.2Pt/c1-37-21-23-39(24-22-37)42-29-30-59-51(35-42)44-32-43(33-46(34-44)58(6,7)8)47-18-14-19-52-55(47)60-56(48-17-12-13-20-54(48)62)61(52)53-31-38(2)49(40-15-10-9-11-16-40)36-50(53)41-25-27-45(28-26-41)57(3,4)5;1-37-31-52(49(36-48(37)39-19-12-9-13-20-39)40-25-27-44(28-26-40)56(2,3)4)60-51-23-16-22-46(54(51)59-55(60)47-21-14-15-24-53(47)61)42-32-43(34-45(33-42)57(5,6)7)50-35-41(29-30-58-50)38-17-10-8-11-18-38;;/h9-31,33-36,62H,1-8H3;8-31,33-36,61H,1-7H3;;/q2*-1;;/i1D3,2D3,21D,22D,23D,24D,29D,30D,35D;1D3,8D,10D,11D,17D,18D;;. The minimum atomic E-state index is -3.00. The molecule has 0 aliphatic rings. The molecule has 18 rings (SSSR count). The molecule has 2 N–H and O–H groups in total. The monoisotopic (exact) mass is 2010 g/mol. The number of hydrogen-bond acceptors (Lipinski definition) is 6. The van der Waals surface area contributed by atoms with Crippen LogP contribution in [0, 0.1) is 32.7 Å². The molecule has 0 saturated carbocycles. The molecule has 0 bridgehead atoms. The number of hydrogen-bond donors (Lipinski definition) is 2. The van der Waals surface area contributed by atoms with Gasteiger partial charge in [0.2, 0.25) is 0 Å². The van der Waals surface area contributed by atoms with E-state index in [1.165, 1.54) is 0 Å². The van der Waals surface area contributed by atoms with Crippen LogP contribution in [0.2, 0.25) is 0 Å². The Morgan fingerprint density at radius 3 is 1.18 bits per heavy atom. The van der Waals surface area contributed by atoms with E-state index >= 15 is 0 Å². The Balaban J connectivity index is 0.000000217. The predicted molar refractivity (Wildman–Crippen MR) is 513 cm³/mol. The normalized spacial score (nSPS) is 14.4. The summed E-state index contributed by atoms with van der Waals surface area (Å²) in [6.45, 7) is 17.1. The molecule has 626 valence electrons. The fourth-order valence-corrected chi connectivity index (χ4v) is 15.5. The Bertz CT molecular complexity index is 8100. The predicted octanol–water partition coefficient (Wildman–Crippen LogP) is 30.0. The average Bonchev–Trinajstić information content (AvgIpc) is 1.42. The second kappa shape index (κ2) is 35.5. The number of phenolic OH excluding ortho intramolecular Hbond substituents is 2. The third kappa shape index (κ3) is 18.1. The molecule has 0 spiro atoms. The molecule has 0 atom stereocenters. The Hall–Kier alpha value is -12.7. The fraction of sp³-hybridized carbons (Fsp3) is 0.165. The van der Waals surface area contributed by atoms with E-state index < -0.39 is 103 Å². The van der Waals surface area contributed by atoms with Gasteiger partial charge in [0.05, 0.1) is 61.0 Å². The number of phenols is 2. The molecule has 8 nitrogen and oxygen atoms in total. The topological polar surface area (TPSA) is 102 Å². The van der Waals surface area contributed by atoms with Crippen LogP contribution < -0.4 is 0 Å². The van der Waals surface area contributed by atoms with E-state index in [1.807, 2.05) is 169 Å². The van der Waals surface area contributed by atoms with Crippen LogP contribution in [0.15, 0.2) is 334 Å². The van der Waals surface area contributed by atoms with Crippen molar-refractivity contribution in [3.05, 3.63) is 385 Å². The fourth-order valence-electron chi connectivity index (χ4n) is 15.5. The minimum Gasteiger partial charge on any atom is -0.507 e. The number of para-hydroxylation sites is 4. The Morgan fingerprint density at radius 1 is 0.320 bits per heavy atom. The summed E-state index contributed by atoms with van der Waals surface area (Å²) >= 11 is 0. The van der Waals surface area contributed by atoms with Gasteiger partial charge >= 0.3 is 0 Å². The second-order valence-corrected chi connectivity index (χ2v) is 34.9. The van der Waals surface area contributed by atoms with Crippen molar-refractivity contribution >= 4 is 22.1 Å². The summed E-state index contributed by atoms with van der Waals surface area (Å²) in [6, 6.07) is 79.7. The average molecular weight is 2010 g/mol. The van der Waals surface area contributed by atoms with Gasteiger partial charge in [-0.25, -0.2) is 9.97 Å². The molecule has 14 aromatic carbocycles. The van der Waals surface area contributed by atoms with Gasteiger partial charge in [0, 0.05) is 89.4 Å². The number of aryl methyl sites for hydroxylation is 2. The number of aromatic hydroxyl groups is 2. The first-order chi connectivity index (χ1) is 67.7. The van der Waals surface area contributed by atoms with Gasteiger partial charge in [-0.15, -0.1) is 58.7 Å². The summed E-state index contributed by atoms with van der Waals surface area (Å²) in [6.07, 6.45) is 0.935. The van der Waals surface area contributed by atoms with Crippen molar-refractivity contribution in [2.75, 3.05) is 0 Å². The number of pyridine rings is 2. The Morgan fingerprint density at radius 2 is 0.736 bits per heavy atom. The maximum absolute atomic E-state index is 11.6. The van der Waals surface area contributed by atoms with Gasteiger partial charge in [-0.3, -0.25) is 19.1 Å². The summed E-state index contributed by atoms with van der Waals surface area (Å²) < 4.78 is 185. The third-order valence-corrected chi connectivity index (χ3v) is 22.3. The van der Waals surface area contributed by atoms with Gasteiger partial charge in [-0.2, -0.15) is 0 Å². The van der Waals surface area contributed by atoms with Gasteiger partial charge in [0.15, 0.2) is 0 Å². The van der Waals surface area contributed by atoms with E-state index in [1.54, 1.807) is 79.0 Å². The first kappa shape index (κ1) is 64.1. The van der Waals surface area contributed by atoms with E-state index in [0.717, 1.165) is 44.5 Å². The molecule has 0 fully saturated rings. The third-order valence-electron chi connectivity index (χ3n) is 22.3. The van der Waals surface area contributed by atoms with Crippen LogP contribution in [-0.2, 0) is 63.8 Å². The maximum Gasteiger partial charge on any atom is 0.148 e. The van der Waals surface area contributed by atoms with E-state index in [4.69, 9.17) is 42.4 Å². The van der Waals surface area contributed by atoms with Crippen LogP contribution in [0.3, 0.4) is 0 Å². The Kier molecular flexibility index (Phi) is 18.2. The summed E-state index contributed by atoms with van der Waals surface area (Å²) in [5, 5.41) is 23.2. The van der Waals surface area contributed by atoms with Gasteiger partial charge in [0.1, 0.15) is 23.1 Å². The zero-order chi connectivity index (χ0) is 104. The smallest absolute Gasteiger partial charge is 0.148 e. The first-order valence-electron chi connectivity index (χ1n) is 51.3. The number of rotatable bonds is 14. The van der Waals surface area contributed by atoms with Gasteiger partial charge in [-0.05, 0) is 193 Å². The SMILES string of the molecule is [2H]c1c([2H])c([2H])c(-c2ccnc(-c3[c-]c(-c4cccc5c4nc(-c4ccccc4O)n5-c4cc(C([2H])([2H])[2H])c(-c5ccccc5)cc4-c4ccc(C(C)(C)C)cc4)cc(C(C)(C)C)c3)c2)c([2H])c1[2H].[2H]c1nc(-c2[c-]c(-c3cccc4c3nc(-c3ccccc3O)n4-c3cc(C([2H])([2H])[2H])c(-c4ccccc4)cc3-c3ccc(C(C)(C)C)cc3)cc(C(C)(C)C)c2)c([2H])c(-c2c([2H])c([2H])c(C([2H])([2H])[2H])c([2H])c2[2H])c1[2H].[Pt].[Pt]. The quantitative estimate of drug-likeness (QED) is 0.105. The van der Waals surface area contributed by atoms with Gasteiger partial charge < -0.3 is 10.2 Å². The van der Waals surface area contributed by atoms with Crippen molar-refractivity contribution in [2.45, 2.75) is 125 Å². The summed E-state index contributed by atoms with van der Waals surface area (Å²) in [5.74, 6) is 0.619.